The molecule has 1 aromatic rings. The predicted octanol–water partition coefficient (Wildman–Crippen LogP) is 2.49. The second-order valence-corrected chi connectivity index (χ2v) is 5.26. The number of hydrogen-bond donors (Lipinski definition) is 1. The molecule has 0 spiro atoms. The molecule has 0 heterocycles. The summed E-state index contributed by atoms with van der Waals surface area (Å²) in [4.78, 5) is 0. The maximum atomic E-state index is 5.62. The van der Waals surface area contributed by atoms with Crippen LogP contribution in [0.2, 0.25) is 0 Å². The lowest BCUT2D eigenvalue weighted by atomic mass is 9.95. The van der Waals surface area contributed by atoms with Crippen LogP contribution in [0.4, 0.5) is 0 Å². The zero-order valence-electron chi connectivity index (χ0n) is 12.2. The highest BCUT2D eigenvalue weighted by atomic mass is 16.5. The van der Waals surface area contributed by atoms with E-state index in [0.29, 0.717) is 6.61 Å². The van der Waals surface area contributed by atoms with Crippen LogP contribution in [0.1, 0.15) is 44.6 Å². The summed E-state index contributed by atoms with van der Waals surface area (Å²) in [6.07, 6.45) is 6.95. The van der Waals surface area contributed by atoms with E-state index in [1.54, 1.807) is 7.11 Å². The number of benzene rings is 1. The topological polar surface area (TPSA) is 35.1 Å². The van der Waals surface area contributed by atoms with E-state index in [9.17, 15) is 0 Å². The first kappa shape index (κ1) is 14.2. The van der Waals surface area contributed by atoms with E-state index in [-0.39, 0.29) is 0 Å². The molecule has 0 aliphatic heterocycles. The maximum absolute atomic E-state index is 5.62. The number of hydrogen-bond acceptors (Lipinski definition) is 2. The average Bonchev–Trinajstić information content (AvgIpc) is 2.47. The lowest BCUT2D eigenvalue weighted by Gasteiger charge is -2.20. The van der Waals surface area contributed by atoms with Crippen LogP contribution in [0.5, 0.6) is 11.5 Å². The Kier molecular flexibility index (Phi) is 5.52. The highest BCUT2D eigenvalue weighted by molar-refractivity contribution is 5.42. The van der Waals surface area contributed by atoms with Gasteiger partial charge in [-0.2, -0.15) is 0 Å². The van der Waals surface area contributed by atoms with Crippen molar-refractivity contribution in [1.29, 1.82) is 0 Å². The van der Waals surface area contributed by atoms with E-state index in [2.05, 4.69) is 17.4 Å². The van der Waals surface area contributed by atoms with Gasteiger partial charge in [0.05, 0.1) is 19.8 Å². The van der Waals surface area contributed by atoms with Crippen LogP contribution >= 0.6 is 0 Å². The molecule has 3 heteroatoms. The largest absolute Gasteiger partial charge is 0.493 e. The van der Waals surface area contributed by atoms with E-state index in [0.717, 1.165) is 24.1 Å². The Hall–Kier alpha value is -1.22. The molecule has 1 fully saturated rings. The van der Waals surface area contributed by atoms with Gasteiger partial charge in [-0.15, -0.1) is 0 Å². The van der Waals surface area contributed by atoms with Crippen molar-refractivity contribution in [2.75, 3.05) is 13.7 Å². The first-order valence-electron chi connectivity index (χ1n) is 7.46. The van der Waals surface area contributed by atoms with Crippen molar-refractivity contribution in [3.05, 3.63) is 23.8 Å². The SMILES string of the molecule is CCOc1cc(C[NH2+]C2CCCCC2)ccc1OC. The zero-order valence-corrected chi connectivity index (χ0v) is 12.2. The third kappa shape index (κ3) is 4.13. The number of rotatable bonds is 6. The fraction of sp³-hybridized carbons (Fsp3) is 0.625. The third-order valence-electron chi connectivity index (χ3n) is 3.86. The van der Waals surface area contributed by atoms with Gasteiger partial charge < -0.3 is 14.8 Å². The Labute approximate surface area is 116 Å². The summed E-state index contributed by atoms with van der Waals surface area (Å²) in [6, 6.07) is 7.07. The van der Waals surface area contributed by atoms with Gasteiger partial charge in [0.2, 0.25) is 0 Å². The van der Waals surface area contributed by atoms with Crippen LogP contribution in [-0.2, 0) is 6.54 Å². The molecule has 0 amide bonds. The van der Waals surface area contributed by atoms with Crippen LogP contribution in [0.15, 0.2) is 18.2 Å². The molecular formula is C16H26NO2+. The smallest absolute Gasteiger partial charge is 0.161 e. The zero-order chi connectivity index (χ0) is 13.5. The van der Waals surface area contributed by atoms with E-state index in [1.807, 2.05) is 13.0 Å². The summed E-state index contributed by atoms with van der Waals surface area (Å²) in [5.41, 5.74) is 1.31. The third-order valence-corrected chi connectivity index (χ3v) is 3.86. The lowest BCUT2D eigenvalue weighted by molar-refractivity contribution is -0.706. The average molecular weight is 264 g/mol. The van der Waals surface area contributed by atoms with Gasteiger partial charge in [0.25, 0.3) is 0 Å². The molecule has 0 aromatic heterocycles. The maximum Gasteiger partial charge on any atom is 0.161 e. The summed E-state index contributed by atoms with van der Waals surface area (Å²) < 4.78 is 10.9. The van der Waals surface area contributed by atoms with Crippen LogP contribution in [0, 0.1) is 0 Å². The van der Waals surface area contributed by atoms with Crippen molar-refractivity contribution < 1.29 is 14.8 Å². The monoisotopic (exact) mass is 264 g/mol. The predicted molar refractivity (Wildman–Crippen MR) is 76.7 cm³/mol. The molecule has 1 aromatic carbocycles. The molecule has 0 radical (unpaired) electrons. The molecule has 2 rings (SSSR count). The molecule has 1 saturated carbocycles. The van der Waals surface area contributed by atoms with Gasteiger partial charge in [-0.25, -0.2) is 0 Å². The van der Waals surface area contributed by atoms with Crippen molar-refractivity contribution in [1.82, 2.24) is 0 Å². The van der Waals surface area contributed by atoms with Crippen molar-refractivity contribution >= 4 is 0 Å². The lowest BCUT2D eigenvalue weighted by Crippen LogP contribution is -2.88. The molecule has 3 nitrogen and oxygen atoms in total. The fourth-order valence-electron chi connectivity index (χ4n) is 2.79. The standard InChI is InChI=1S/C16H25NO2/c1-3-19-16-11-13(9-10-15(16)18-2)12-17-14-7-5-4-6-8-14/h9-11,14,17H,3-8,12H2,1-2H3/p+1. The summed E-state index contributed by atoms with van der Waals surface area (Å²) >= 11 is 0. The number of ether oxygens (including phenoxy) is 2. The molecule has 19 heavy (non-hydrogen) atoms. The molecule has 0 saturated heterocycles. The first-order chi connectivity index (χ1) is 9.33. The highest BCUT2D eigenvalue weighted by Crippen LogP contribution is 2.27. The van der Waals surface area contributed by atoms with Gasteiger partial charge in [-0.1, -0.05) is 6.42 Å². The Morgan fingerprint density at radius 2 is 1.95 bits per heavy atom. The van der Waals surface area contributed by atoms with Crippen molar-refractivity contribution in [3.63, 3.8) is 0 Å². The molecule has 0 atom stereocenters. The van der Waals surface area contributed by atoms with Gasteiger partial charge >= 0.3 is 0 Å². The van der Waals surface area contributed by atoms with Gasteiger partial charge in [-0.05, 0) is 50.8 Å². The fourth-order valence-corrected chi connectivity index (χ4v) is 2.79. The second-order valence-electron chi connectivity index (χ2n) is 5.26. The van der Waals surface area contributed by atoms with Crippen molar-refractivity contribution in [2.24, 2.45) is 0 Å². The van der Waals surface area contributed by atoms with E-state index >= 15 is 0 Å². The molecule has 0 bridgehead atoms. The van der Waals surface area contributed by atoms with Crippen molar-refractivity contribution in [2.45, 2.75) is 51.6 Å². The van der Waals surface area contributed by atoms with Crippen molar-refractivity contribution in [3.8, 4) is 11.5 Å². The number of methoxy groups -OCH3 is 1. The van der Waals surface area contributed by atoms with Gasteiger partial charge in [-0.3, -0.25) is 0 Å². The molecule has 0 unspecified atom stereocenters. The van der Waals surface area contributed by atoms with E-state index in [4.69, 9.17) is 9.47 Å². The summed E-state index contributed by atoms with van der Waals surface area (Å²) in [7, 11) is 1.69. The van der Waals surface area contributed by atoms with Crippen LogP contribution in [-0.4, -0.2) is 19.8 Å². The van der Waals surface area contributed by atoms with E-state index in [1.165, 1.54) is 37.7 Å². The molecule has 2 N–H and O–H groups in total. The summed E-state index contributed by atoms with van der Waals surface area (Å²) in [5, 5.41) is 2.48. The Morgan fingerprint density at radius 3 is 2.63 bits per heavy atom. The molecule has 1 aliphatic carbocycles. The Balaban J connectivity index is 1.93. The molecule has 1 aliphatic rings. The minimum absolute atomic E-state index is 0.673. The minimum Gasteiger partial charge on any atom is -0.493 e. The quantitative estimate of drug-likeness (QED) is 0.856. The normalized spacial score (nSPS) is 16.3. The number of nitrogens with two attached hydrogens (primary N) is 1. The van der Waals surface area contributed by atoms with Gasteiger partial charge in [0.1, 0.15) is 6.54 Å². The summed E-state index contributed by atoms with van der Waals surface area (Å²) in [5.74, 6) is 1.68. The molecular weight excluding hydrogens is 238 g/mol. The minimum atomic E-state index is 0.673. The second kappa shape index (κ2) is 7.39. The highest BCUT2D eigenvalue weighted by Gasteiger charge is 2.16. The number of quaternary nitrogens is 1. The van der Waals surface area contributed by atoms with E-state index < -0.39 is 0 Å². The summed E-state index contributed by atoms with van der Waals surface area (Å²) in [6.45, 7) is 3.71. The Bertz CT molecular complexity index is 386. The van der Waals surface area contributed by atoms with Crippen LogP contribution in [0.25, 0.3) is 0 Å². The molecule has 106 valence electrons. The van der Waals surface area contributed by atoms with Gasteiger partial charge in [0.15, 0.2) is 11.5 Å². The van der Waals surface area contributed by atoms with Crippen LogP contribution in [0.3, 0.4) is 0 Å². The first-order valence-corrected chi connectivity index (χ1v) is 7.46. The van der Waals surface area contributed by atoms with Crippen LogP contribution < -0.4 is 14.8 Å². The Morgan fingerprint density at radius 1 is 1.16 bits per heavy atom. The van der Waals surface area contributed by atoms with Gasteiger partial charge in [0, 0.05) is 5.56 Å².